The zero-order valence-electron chi connectivity index (χ0n) is 15.7. The van der Waals surface area contributed by atoms with Crippen molar-refractivity contribution in [1.82, 2.24) is 9.80 Å². The third kappa shape index (κ3) is 4.18. The first-order valence-electron chi connectivity index (χ1n) is 9.85. The smallest absolute Gasteiger partial charge is 0.123 e. The molecule has 2 aliphatic rings. The van der Waals surface area contributed by atoms with Gasteiger partial charge in [0.05, 0.1) is 6.54 Å². The molecule has 2 fully saturated rings. The number of aryl methyl sites for hydroxylation is 1. The molecule has 3 heterocycles. The lowest BCUT2D eigenvalue weighted by Crippen LogP contribution is -2.46. The van der Waals surface area contributed by atoms with Crippen molar-refractivity contribution in [3.63, 3.8) is 0 Å². The van der Waals surface area contributed by atoms with Gasteiger partial charge in [-0.15, -0.1) is 0 Å². The fraction of sp³-hybridized carbons (Fsp3) is 0.545. The molecule has 0 radical (unpaired) electrons. The first-order valence-corrected chi connectivity index (χ1v) is 9.85. The standard InChI is InChI=1S/C22H29FN2O/c1-18-5-6-21(26-18)17-25-13-9-22(10-14-25)7-11-24(12-8-22)16-19-3-2-4-20(23)15-19/h2-6,15H,7-14,16-17H2,1H3. The molecule has 0 aliphatic carbocycles. The summed E-state index contributed by atoms with van der Waals surface area (Å²) in [5, 5.41) is 0. The van der Waals surface area contributed by atoms with E-state index in [1.807, 2.05) is 19.1 Å². The maximum absolute atomic E-state index is 13.4. The van der Waals surface area contributed by atoms with E-state index in [1.54, 1.807) is 6.07 Å². The van der Waals surface area contributed by atoms with E-state index in [1.165, 1.54) is 44.8 Å². The van der Waals surface area contributed by atoms with Gasteiger partial charge in [0, 0.05) is 6.54 Å². The molecule has 2 aliphatic heterocycles. The molecule has 0 bridgehead atoms. The number of benzene rings is 1. The average molecular weight is 356 g/mol. The van der Waals surface area contributed by atoms with Crippen molar-refractivity contribution < 1.29 is 8.81 Å². The second kappa shape index (κ2) is 7.53. The molecular weight excluding hydrogens is 327 g/mol. The number of halogens is 1. The van der Waals surface area contributed by atoms with Crippen LogP contribution in [0.2, 0.25) is 0 Å². The summed E-state index contributed by atoms with van der Waals surface area (Å²) in [5.74, 6) is 1.96. The Labute approximate surface area is 155 Å². The van der Waals surface area contributed by atoms with Crippen LogP contribution in [0.5, 0.6) is 0 Å². The summed E-state index contributed by atoms with van der Waals surface area (Å²) < 4.78 is 19.1. The van der Waals surface area contributed by atoms with Gasteiger partial charge in [0.2, 0.25) is 0 Å². The Bertz CT molecular complexity index is 723. The minimum atomic E-state index is -0.130. The summed E-state index contributed by atoms with van der Waals surface area (Å²) in [6.45, 7) is 8.43. The predicted molar refractivity (Wildman–Crippen MR) is 101 cm³/mol. The van der Waals surface area contributed by atoms with Gasteiger partial charge in [-0.05, 0) is 94.0 Å². The van der Waals surface area contributed by atoms with Gasteiger partial charge in [0.15, 0.2) is 0 Å². The van der Waals surface area contributed by atoms with E-state index in [0.717, 1.165) is 43.3 Å². The van der Waals surface area contributed by atoms with Crippen molar-refractivity contribution in [2.24, 2.45) is 5.41 Å². The number of furan rings is 1. The van der Waals surface area contributed by atoms with Crippen LogP contribution in [0.1, 0.15) is 42.8 Å². The van der Waals surface area contributed by atoms with Crippen molar-refractivity contribution in [1.29, 1.82) is 0 Å². The molecule has 0 N–H and O–H groups in total. The second-order valence-electron chi connectivity index (χ2n) is 8.19. The van der Waals surface area contributed by atoms with Crippen molar-refractivity contribution >= 4 is 0 Å². The Morgan fingerprint density at radius 1 is 0.923 bits per heavy atom. The highest BCUT2D eigenvalue weighted by atomic mass is 19.1. The quantitative estimate of drug-likeness (QED) is 0.798. The van der Waals surface area contributed by atoms with Crippen molar-refractivity contribution in [3.05, 3.63) is 59.3 Å². The summed E-state index contributed by atoms with van der Waals surface area (Å²) in [5.41, 5.74) is 1.61. The van der Waals surface area contributed by atoms with Crippen molar-refractivity contribution in [2.75, 3.05) is 26.2 Å². The Morgan fingerprint density at radius 3 is 2.15 bits per heavy atom. The lowest BCUT2D eigenvalue weighted by molar-refractivity contribution is 0.0280. The van der Waals surface area contributed by atoms with E-state index in [4.69, 9.17) is 4.42 Å². The predicted octanol–water partition coefficient (Wildman–Crippen LogP) is 4.61. The lowest BCUT2D eigenvalue weighted by atomic mass is 9.71. The number of nitrogens with zero attached hydrogens (tertiary/aromatic N) is 2. The normalized spacial score (nSPS) is 21.3. The maximum atomic E-state index is 13.4. The minimum absolute atomic E-state index is 0.130. The van der Waals surface area contributed by atoms with E-state index >= 15 is 0 Å². The zero-order valence-corrected chi connectivity index (χ0v) is 15.7. The third-order valence-corrected chi connectivity index (χ3v) is 6.30. The molecule has 3 nitrogen and oxygen atoms in total. The van der Waals surface area contributed by atoms with Gasteiger partial charge < -0.3 is 4.42 Å². The van der Waals surface area contributed by atoms with Gasteiger partial charge >= 0.3 is 0 Å². The van der Waals surface area contributed by atoms with Crippen LogP contribution in [0, 0.1) is 18.2 Å². The van der Waals surface area contributed by atoms with Gasteiger partial charge in [-0.3, -0.25) is 9.80 Å². The van der Waals surface area contributed by atoms with Gasteiger partial charge in [0.25, 0.3) is 0 Å². The van der Waals surface area contributed by atoms with E-state index in [0.29, 0.717) is 5.41 Å². The van der Waals surface area contributed by atoms with Crippen LogP contribution in [0.3, 0.4) is 0 Å². The molecule has 2 saturated heterocycles. The molecule has 1 aromatic carbocycles. The highest BCUT2D eigenvalue weighted by Crippen LogP contribution is 2.41. The van der Waals surface area contributed by atoms with Crippen LogP contribution in [0.4, 0.5) is 4.39 Å². The van der Waals surface area contributed by atoms with Crippen LogP contribution in [-0.2, 0) is 13.1 Å². The molecule has 2 aromatic rings. The van der Waals surface area contributed by atoms with Crippen LogP contribution < -0.4 is 0 Å². The summed E-state index contributed by atoms with van der Waals surface area (Å²) in [7, 11) is 0. The van der Waals surface area contributed by atoms with E-state index in [2.05, 4.69) is 21.9 Å². The van der Waals surface area contributed by atoms with Gasteiger partial charge in [-0.2, -0.15) is 0 Å². The SMILES string of the molecule is Cc1ccc(CN2CCC3(CCN(Cc4cccc(F)c4)CC3)CC2)o1. The number of rotatable bonds is 4. The second-order valence-corrected chi connectivity index (χ2v) is 8.19. The Morgan fingerprint density at radius 2 is 1.58 bits per heavy atom. The molecule has 140 valence electrons. The zero-order chi connectivity index (χ0) is 18.0. The number of piperidine rings is 2. The number of hydrogen-bond acceptors (Lipinski definition) is 3. The highest BCUT2D eigenvalue weighted by molar-refractivity contribution is 5.16. The summed E-state index contributed by atoms with van der Waals surface area (Å²) in [6.07, 6.45) is 5.13. The first kappa shape index (κ1) is 17.7. The first-order chi connectivity index (χ1) is 12.6. The molecule has 1 spiro atoms. The third-order valence-electron chi connectivity index (χ3n) is 6.30. The van der Waals surface area contributed by atoms with E-state index < -0.39 is 0 Å². The molecule has 4 rings (SSSR count). The van der Waals surface area contributed by atoms with Crippen LogP contribution in [0.15, 0.2) is 40.8 Å². The number of likely N-dealkylation sites (tertiary alicyclic amines) is 2. The molecule has 26 heavy (non-hydrogen) atoms. The lowest BCUT2D eigenvalue weighted by Gasteiger charge is -2.46. The van der Waals surface area contributed by atoms with Crippen LogP contribution in [0.25, 0.3) is 0 Å². The van der Waals surface area contributed by atoms with Crippen molar-refractivity contribution in [3.8, 4) is 0 Å². The van der Waals surface area contributed by atoms with Crippen LogP contribution in [-0.4, -0.2) is 36.0 Å². The monoisotopic (exact) mass is 356 g/mol. The average Bonchev–Trinajstić information content (AvgIpc) is 3.04. The fourth-order valence-corrected chi connectivity index (χ4v) is 4.55. The van der Waals surface area contributed by atoms with Crippen molar-refractivity contribution in [2.45, 2.75) is 45.7 Å². The fourth-order valence-electron chi connectivity index (χ4n) is 4.55. The molecular formula is C22H29FN2O. The minimum Gasteiger partial charge on any atom is -0.465 e. The largest absolute Gasteiger partial charge is 0.465 e. The highest BCUT2D eigenvalue weighted by Gasteiger charge is 2.37. The molecule has 0 atom stereocenters. The molecule has 4 heteroatoms. The van der Waals surface area contributed by atoms with Gasteiger partial charge in [-0.25, -0.2) is 4.39 Å². The summed E-state index contributed by atoms with van der Waals surface area (Å²) in [6, 6.07) is 11.2. The van der Waals surface area contributed by atoms with E-state index in [9.17, 15) is 4.39 Å². The van der Waals surface area contributed by atoms with Gasteiger partial charge in [0.1, 0.15) is 17.3 Å². The maximum Gasteiger partial charge on any atom is 0.123 e. The van der Waals surface area contributed by atoms with Gasteiger partial charge in [-0.1, -0.05) is 12.1 Å². The Balaban J connectivity index is 1.25. The molecule has 0 saturated carbocycles. The molecule has 0 unspecified atom stereocenters. The molecule has 1 aromatic heterocycles. The topological polar surface area (TPSA) is 19.6 Å². The Hall–Kier alpha value is -1.65. The molecule has 0 amide bonds. The summed E-state index contributed by atoms with van der Waals surface area (Å²) >= 11 is 0. The van der Waals surface area contributed by atoms with E-state index in [-0.39, 0.29) is 5.82 Å². The Kier molecular flexibility index (Phi) is 5.14. The number of hydrogen-bond donors (Lipinski definition) is 0. The summed E-state index contributed by atoms with van der Waals surface area (Å²) in [4.78, 5) is 5.01. The van der Waals surface area contributed by atoms with Crippen LogP contribution >= 0.6 is 0 Å².